The van der Waals surface area contributed by atoms with Crippen LogP contribution in [0.1, 0.15) is 50.0 Å². The van der Waals surface area contributed by atoms with E-state index >= 15 is 0 Å². The van der Waals surface area contributed by atoms with Crippen LogP contribution < -0.4 is 11.1 Å². The quantitative estimate of drug-likeness (QED) is 0.624. The number of nitrogen functional groups attached to an aromatic ring is 1. The number of aromatic nitrogens is 1. The molecule has 0 radical (unpaired) electrons. The van der Waals surface area contributed by atoms with E-state index in [1.807, 2.05) is 0 Å². The Kier molecular flexibility index (Phi) is 4.62. The monoisotopic (exact) mass is 255 g/mol. The highest BCUT2D eigenvalue weighted by Crippen LogP contribution is 2.47. The molecule has 1 fully saturated rings. The van der Waals surface area contributed by atoms with Crippen LogP contribution in [0.5, 0.6) is 0 Å². The summed E-state index contributed by atoms with van der Waals surface area (Å²) in [5, 5.41) is 13.3. The third-order valence-corrected chi connectivity index (χ3v) is 3.95. The molecule has 0 aliphatic heterocycles. The maximum Gasteiger partial charge on any atom is 0.142 e. The molecule has 2 rings (SSSR count). The van der Waals surface area contributed by atoms with Gasteiger partial charge < -0.3 is 16.2 Å². The summed E-state index contributed by atoms with van der Waals surface area (Å²) in [6.07, 6.45) is 6.85. The first-order valence-corrected chi connectivity index (χ1v) is 7.20. The van der Waals surface area contributed by atoms with Crippen LogP contribution in [0.15, 0.2) is 0 Å². The fourth-order valence-corrected chi connectivity index (χ4v) is 2.82. The third-order valence-electron chi connectivity index (χ3n) is 3.11. The summed E-state index contributed by atoms with van der Waals surface area (Å²) in [6, 6.07) is 0. The molecule has 1 aromatic heterocycles. The van der Waals surface area contributed by atoms with Crippen molar-refractivity contribution in [1.82, 2.24) is 4.37 Å². The zero-order chi connectivity index (χ0) is 12.1. The summed E-state index contributed by atoms with van der Waals surface area (Å²) >= 11 is 1.49. The molecule has 0 spiro atoms. The highest BCUT2D eigenvalue weighted by atomic mass is 32.1. The Bertz CT molecular complexity index is 350. The van der Waals surface area contributed by atoms with Crippen molar-refractivity contribution in [2.24, 2.45) is 0 Å². The third kappa shape index (κ3) is 3.57. The predicted octanol–water partition coefficient (Wildman–Crippen LogP) is 2.57. The Labute approximate surface area is 106 Å². The number of hydrogen-bond donors (Lipinski definition) is 3. The lowest BCUT2D eigenvalue weighted by atomic mass is 10.2. The molecule has 96 valence electrons. The average Bonchev–Trinajstić information content (AvgIpc) is 3.09. The van der Waals surface area contributed by atoms with Crippen molar-refractivity contribution in [2.45, 2.75) is 44.4 Å². The molecule has 1 saturated carbocycles. The molecule has 0 saturated heterocycles. The van der Waals surface area contributed by atoms with E-state index in [4.69, 9.17) is 10.8 Å². The summed E-state index contributed by atoms with van der Waals surface area (Å²) in [5.74, 6) is 1.38. The summed E-state index contributed by atoms with van der Waals surface area (Å²) in [4.78, 5) is 0. The molecule has 1 heterocycles. The van der Waals surface area contributed by atoms with Crippen LogP contribution in [0, 0.1) is 0 Å². The molecule has 1 aliphatic rings. The van der Waals surface area contributed by atoms with Crippen molar-refractivity contribution in [3.05, 3.63) is 5.56 Å². The zero-order valence-electron chi connectivity index (χ0n) is 10.1. The van der Waals surface area contributed by atoms with Gasteiger partial charge in [-0.15, -0.1) is 0 Å². The molecule has 0 aromatic carbocycles. The van der Waals surface area contributed by atoms with Gasteiger partial charge in [-0.05, 0) is 43.1 Å². The molecule has 0 amide bonds. The van der Waals surface area contributed by atoms with E-state index in [0.29, 0.717) is 12.5 Å². The number of anilines is 2. The lowest BCUT2D eigenvalue weighted by Gasteiger charge is -2.06. The maximum absolute atomic E-state index is 8.67. The molecule has 0 atom stereocenters. The normalized spacial score (nSPS) is 15.1. The van der Waals surface area contributed by atoms with Crippen molar-refractivity contribution < 1.29 is 5.11 Å². The van der Waals surface area contributed by atoms with E-state index in [0.717, 1.165) is 31.6 Å². The molecule has 0 unspecified atom stereocenters. The zero-order valence-corrected chi connectivity index (χ0v) is 10.9. The summed E-state index contributed by atoms with van der Waals surface area (Å²) in [5.41, 5.74) is 7.14. The largest absolute Gasteiger partial charge is 0.396 e. The summed E-state index contributed by atoms with van der Waals surface area (Å²) < 4.78 is 4.23. The van der Waals surface area contributed by atoms with Gasteiger partial charge in [0, 0.05) is 18.7 Å². The van der Waals surface area contributed by atoms with E-state index in [9.17, 15) is 0 Å². The van der Waals surface area contributed by atoms with Gasteiger partial charge in [-0.3, -0.25) is 0 Å². The number of rotatable bonds is 8. The number of aliphatic hydroxyl groups excluding tert-OH is 1. The number of aliphatic hydroxyl groups is 1. The van der Waals surface area contributed by atoms with Gasteiger partial charge >= 0.3 is 0 Å². The van der Waals surface area contributed by atoms with Crippen LogP contribution in [0.3, 0.4) is 0 Å². The fraction of sp³-hybridized carbons (Fsp3) is 0.750. The lowest BCUT2D eigenvalue weighted by molar-refractivity contribution is 0.283. The Balaban J connectivity index is 1.71. The van der Waals surface area contributed by atoms with Gasteiger partial charge in [0.05, 0.1) is 0 Å². The number of nitrogens with zero attached hydrogens (tertiary/aromatic N) is 1. The van der Waals surface area contributed by atoms with Crippen LogP contribution in [0.25, 0.3) is 0 Å². The molecule has 0 bridgehead atoms. The number of unbranched alkanes of at least 4 members (excludes halogenated alkanes) is 3. The van der Waals surface area contributed by atoms with E-state index in [1.165, 1.54) is 41.4 Å². The van der Waals surface area contributed by atoms with Crippen LogP contribution in [-0.4, -0.2) is 22.6 Å². The van der Waals surface area contributed by atoms with Gasteiger partial charge in [-0.25, -0.2) is 0 Å². The Morgan fingerprint density at radius 2 is 2.06 bits per heavy atom. The first kappa shape index (κ1) is 12.6. The predicted molar refractivity (Wildman–Crippen MR) is 72.5 cm³/mol. The first-order chi connectivity index (χ1) is 8.33. The maximum atomic E-state index is 8.67. The highest BCUT2D eigenvalue weighted by molar-refractivity contribution is 7.10. The molecule has 1 aliphatic carbocycles. The van der Waals surface area contributed by atoms with Gasteiger partial charge in [0.2, 0.25) is 0 Å². The Morgan fingerprint density at radius 1 is 1.29 bits per heavy atom. The van der Waals surface area contributed by atoms with Crippen LogP contribution >= 0.6 is 11.5 Å². The molecule has 4 nitrogen and oxygen atoms in total. The van der Waals surface area contributed by atoms with E-state index < -0.39 is 0 Å². The second kappa shape index (κ2) is 6.21. The van der Waals surface area contributed by atoms with Crippen LogP contribution in [-0.2, 0) is 0 Å². The molecule has 1 aromatic rings. The molecular weight excluding hydrogens is 234 g/mol. The van der Waals surface area contributed by atoms with Gasteiger partial charge in [0.1, 0.15) is 10.8 Å². The minimum absolute atomic E-state index is 0.310. The molecular formula is C12H21N3OS. The van der Waals surface area contributed by atoms with Crippen molar-refractivity contribution >= 4 is 22.4 Å². The van der Waals surface area contributed by atoms with E-state index in [1.54, 1.807) is 0 Å². The van der Waals surface area contributed by atoms with Gasteiger partial charge in [-0.1, -0.05) is 12.8 Å². The second-order valence-corrected chi connectivity index (χ2v) is 5.42. The smallest absolute Gasteiger partial charge is 0.142 e. The van der Waals surface area contributed by atoms with Gasteiger partial charge in [-0.2, -0.15) is 4.37 Å². The molecule has 17 heavy (non-hydrogen) atoms. The van der Waals surface area contributed by atoms with Gasteiger partial charge in [0.25, 0.3) is 0 Å². The Hall–Kier alpha value is -0.810. The lowest BCUT2D eigenvalue weighted by Crippen LogP contribution is -2.02. The number of hydrogen-bond acceptors (Lipinski definition) is 5. The molecule has 5 heteroatoms. The van der Waals surface area contributed by atoms with Gasteiger partial charge in [0.15, 0.2) is 0 Å². The number of nitrogens with one attached hydrogen (secondary N) is 1. The SMILES string of the molecule is Nc1nsc(NCCCCCCO)c1C1CC1. The number of nitrogens with two attached hydrogens (primary N) is 1. The Morgan fingerprint density at radius 3 is 2.76 bits per heavy atom. The second-order valence-electron chi connectivity index (χ2n) is 4.65. The summed E-state index contributed by atoms with van der Waals surface area (Å²) in [6.45, 7) is 1.29. The average molecular weight is 255 g/mol. The van der Waals surface area contributed by atoms with Crippen molar-refractivity contribution in [3.8, 4) is 0 Å². The minimum Gasteiger partial charge on any atom is -0.396 e. The molecule has 4 N–H and O–H groups in total. The highest BCUT2D eigenvalue weighted by Gasteiger charge is 2.30. The van der Waals surface area contributed by atoms with Crippen molar-refractivity contribution in [2.75, 3.05) is 24.2 Å². The minimum atomic E-state index is 0.310. The van der Waals surface area contributed by atoms with Crippen molar-refractivity contribution in [1.29, 1.82) is 0 Å². The first-order valence-electron chi connectivity index (χ1n) is 6.42. The summed E-state index contributed by atoms with van der Waals surface area (Å²) in [7, 11) is 0. The van der Waals surface area contributed by atoms with Crippen molar-refractivity contribution in [3.63, 3.8) is 0 Å². The fourth-order valence-electron chi connectivity index (χ4n) is 2.00. The topological polar surface area (TPSA) is 71.2 Å². The van der Waals surface area contributed by atoms with E-state index in [-0.39, 0.29) is 0 Å². The standard InChI is InChI=1S/C12H21N3OS/c13-11-10(9-5-6-9)12(17-15-11)14-7-3-1-2-4-8-16/h9,14,16H,1-8H2,(H2,13,15). The van der Waals surface area contributed by atoms with Crippen LogP contribution in [0.2, 0.25) is 0 Å². The van der Waals surface area contributed by atoms with Crippen LogP contribution in [0.4, 0.5) is 10.8 Å². The van der Waals surface area contributed by atoms with E-state index in [2.05, 4.69) is 9.69 Å².